The molecule has 0 amide bonds. The van der Waals surface area contributed by atoms with Crippen LogP contribution in [0.15, 0.2) is 24.3 Å². The molecule has 8 heteroatoms. The monoisotopic (exact) mass is 538 g/mol. The van der Waals surface area contributed by atoms with Crippen LogP contribution in [0.2, 0.25) is 0 Å². The van der Waals surface area contributed by atoms with Gasteiger partial charge in [0.15, 0.2) is 0 Å². The molecule has 0 aromatic carbocycles. The van der Waals surface area contributed by atoms with Gasteiger partial charge >= 0.3 is 23.9 Å². The van der Waals surface area contributed by atoms with Crippen LogP contribution in [0.5, 0.6) is 0 Å². The van der Waals surface area contributed by atoms with Gasteiger partial charge in [0.2, 0.25) is 0 Å². The summed E-state index contributed by atoms with van der Waals surface area (Å²) in [6.07, 6.45) is 10.7. The highest BCUT2D eigenvalue weighted by atomic mass is 16.6. The Morgan fingerprint density at radius 2 is 1.26 bits per heavy atom. The Labute approximate surface area is 229 Å². The van der Waals surface area contributed by atoms with E-state index in [1.807, 2.05) is 39.8 Å². The number of allylic oxidation sites excluding steroid dienone is 3. The van der Waals surface area contributed by atoms with E-state index in [1.165, 1.54) is 0 Å². The van der Waals surface area contributed by atoms with Crippen molar-refractivity contribution < 1.29 is 38.1 Å². The van der Waals surface area contributed by atoms with Crippen molar-refractivity contribution in [2.45, 2.75) is 94.4 Å². The highest BCUT2D eigenvalue weighted by molar-refractivity contribution is 5.79. The molecule has 0 heterocycles. The number of carbonyl (C=O) groups is 4. The van der Waals surface area contributed by atoms with E-state index in [0.29, 0.717) is 6.42 Å². The molecular formula is C30H50O8. The molecule has 0 aromatic rings. The topological polar surface area (TPSA) is 105 Å². The molecule has 38 heavy (non-hydrogen) atoms. The molecule has 218 valence electrons. The quantitative estimate of drug-likeness (QED) is 0.119. The Hall–Kier alpha value is -2.64. The van der Waals surface area contributed by atoms with Gasteiger partial charge in [0.05, 0.1) is 36.4 Å². The van der Waals surface area contributed by atoms with Crippen molar-refractivity contribution in [3.63, 3.8) is 0 Å². The van der Waals surface area contributed by atoms with Crippen LogP contribution in [0.25, 0.3) is 0 Å². The first-order chi connectivity index (χ1) is 17.6. The minimum atomic E-state index is -1.10. The molecular weight excluding hydrogens is 488 g/mol. The third kappa shape index (κ3) is 14.3. The molecule has 0 saturated carbocycles. The molecule has 0 bridgehead atoms. The summed E-state index contributed by atoms with van der Waals surface area (Å²) in [4.78, 5) is 49.7. The Morgan fingerprint density at radius 3 is 1.79 bits per heavy atom. The molecule has 0 N–H and O–H groups in total. The zero-order chi connectivity index (χ0) is 29.4. The predicted molar refractivity (Wildman–Crippen MR) is 147 cm³/mol. The minimum Gasteiger partial charge on any atom is -0.465 e. The van der Waals surface area contributed by atoms with E-state index in [1.54, 1.807) is 39.8 Å². The van der Waals surface area contributed by atoms with Crippen molar-refractivity contribution in [1.82, 2.24) is 0 Å². The maximum absolute atomic E-state index is 12.7. The van der Waals surface area contributed by atoms with E-state index in [0.717, 1.165) is 19.3 Å². The molecule has 0 radical (unpaired) electrons. The van der Waals surface area contributed by atoms with Crippen molar-refractivity contribution in [1.29, 1.82) is 0 Å². The van der Waals surface area contributed by atoms with Crippen LogP contribution in [0, 0.1) is 22.2 Å². The first-order valence-electron chi connectivity index (χ1n) is 13.6. The second-order valence-corrected chi connectivity index (χ2v) is 11.8. The summed E-state index contributed by atoms with van der Waals surface area (Å²) in [5, 5.41) is 0. The average Bonchev–Trinajstić information content (AvgIpc) is 2.86. The normalized spacial score (nSPS) is 13.4. The molecule has 0 aliphatic heterocycles. The summed E-state index contributed by atoms with van der Waals surface area (Å²) in [5.74, 6) is -1.95. The van der Waals surface area contributed by atoms with Gasteiger partial charge in [-0.1, -0.05) is 64.8 Å². The Morgan fingerprint density at radius 1 is 0.737 bits per heavy atom. The lowest BCUT2D eigenvalue weighted by Gasteiger charge is -2.29. The third-order valence-corrected chi connectivity index (χ3v) is 5.92. The molecule has 8 nitrogen and oxygen atoms in total. The van der Waals surface area contributed by atoms with Gasteiger partial charge in [0.25, 0.3) is 0 Å². The summed E-state index contributed by atoms with van der Waals surface area (Å²) in [5.41, 5.74) is -2.75. The lowest BCUT2D eigenvalue weighted by molar-refractivity contribution is -0.171. The van der Waals surface area contributed by atoms with E-state index in [4.69, 9.17) is 18.9 Å². The van der Waals surface area contributed by atoms with Crippen LogP contribution in [-0.2, 0) is 38.1 Å². The van der Waals surface area contributed by atoms with Gasteiger partial charge in [-0.15, -0.1) is 0 Å². The molecule has 0 aliphatic carbocycles. The smallest absolute Gasteiger partial charge is 0.315 e. The largest absolute Gasteiger partial charge is 0.465 e. The van der Waals surface area contributed by atoms with E-state index >= 15 is 0 Å². The van der Waals surface area contributed by atoms with Gasteiger partial charge in [-0.3, -0.25) is 19.2 Å². The van der Waals surface area contributed by atoms with Crippen molar-refractivity contribution >= 4 is 23.9 Å². The number of hydrogen-bond donors (Lipinski definition) is 0. The number of carbonyl (C=O) groups excluding carboxylic acids is 4. The van der Waals surface area contributed by atoms with E-state index in [2.05, 4.69) is 6.92 Å². The third-order valence-electron chi connectivity index (χ3n) is 5.92. The van der Waals surface area contributed by atoms with Crippen molar-refractivity contribution in [2.24, 2.45) is 22.2 Å². The zero-order valence-corrected chi connectivity index (χ0v) is 25.0. The molecule has 0 aliphatic rings. The molecule has 0 saturated heterocycles. The molecule has 0 aromatic heterocycles. The van der Waals surface area contributed by atoms with Gasteiger partial charge in [-0.25, -0.2) is 0 Å². The van der Waals surface area contributed by atoms with Gasteiger partial charge in [0.1, 0.15) is 13.2 Å². The summed E-state index contributed by atoms with van der Waals surface area (Å²) in [7, 11) is 0. The fraction of sp³-hybridized carbons (Fsp3) is 0.733. The molecule has 0 spiro atoms. The number of hydrogen-bond acceptors (Lipinski definition) is 8. The second kappa shape index (κ2) is 17.0. The van der Waals surface area contributed by atoms with Crippen LogP contribution in [0.3, 0.4) is 0 Å². The van der Waals surface area contributed by atoms with Gasteiger partial charge in [0, 0.05) is 5.41 Å². The summed E-state index contributed by atoms with van der Waals surface area (Å²) < 4.78 is 21.6. The van der Waals surface area contributed by atoms with Crippen LogP contribution in [0.4, 0.5) is 0 Å². The summed E-state index contributed by atoms with van der Waals surface area (Å²) >= 11 is 0. The minimum absolute atomic E-state index is 0.0307. The maximum atomic E-state index is 12.7. The standard InChI is InChI=1S/C30H50O8/c1-10-13-15-16-18-24(31)35-19-28(4,5)20-37-26(33)30(8,9)22-38-27(34)29(6,7)21-36-25(32)23(12-3)17-14-11-2/h10,13,15-16,23H,11-12,14,17-22H2,1-9H3/b13-10-,16-15-. The number of rotatable bonds is 18. The number of unbranched alkanes of at least 4 members (excludes halogenated alkanes) is 1. The molecule has 1 atom stereocenters. The lowest BCUT2D eigenvalue weighted by atomic mass is 9.92. The molecule has 0 rings (SSSR count). The number of ether oxygens (including phenoxy) is 4. The highest BCUT2D eigenvalue weighted by Crippen LogP contribution is 2.25. The van der Waals surface area contributed by atoms with Crippen molar-refractivity contribution in [3.8, 4) is 0 Å². The molecule has 0 fully saturated rings. The number of esters is 4. The van der Waals surface area contributed by atoms with Crippen molar-refractivity contribution in [2.75, 3.05) is 26.4 Å². The summed E-state index contributed by atoms with van der Waals surface area (Å²) in [6, 6.07) is 0. The average molecular weight is 539 g/mol. The lowest BCUT2D eigenvalue weighted by Crippen LogP contribution is -2.39. The van der Waals surface area contributed by atoms with Crippen LogP contribution in [-0.4, -0.2) is 50.3 Å². The predicted octanol–water partition coefficient (Wildman–Crippen LogP) is 5.98. The summed E-state index contributed by atoms with van der Waals surface area (Å²) in [6.45, 7) is 15.9. The van der Waals surface area contributed by atoms with Crippen molar-refractivity contribution in [3.05, 3.63) is 24.3 Å². The van der Waals surface area contributed by atoms with Crippen LogP contribution in [0.1, 0.15) is 94.4 Å². The second-order valence-electron chi connectivity index (χ2n) is 11.8. The van der Waals surface area contributed by atoms with Gasteiger partial charge < -0.3 is 18.9 Å². The zero-order valence-electron chi connectivity index (χ0n) is 25.0. The van der Waals surface area contributed by atoms with E-state index in [9.17, 15) is 19.2 Å². The highest BCUT2D eigenvalue weighted by Gasteiger charge is 2.37. The fourth-order valence-electron chi connectivity index (χ4n) is 3.05. The fourth-order valence-corrected chi connectivity index (χ4v) is 3.05. The Kier molecular flexibility index (Phi) is 15.9. The first kappa shape index (κ1) is 35.4. The SMILES string of the molecule is C/C=C\C=C/CC(=O)OCC(C)(C)COC(=O)C(C)(C)COC(=O)C(C)(C)COC(=O)C(CC)CCCC. The van der Waals surface area contributed by atoms with E-state index in [-0.39, 0.29) is 50.7 Å². The van der Waals surface area contributed by atoms with Crippen LogP contribution >= 0.6 is 0 Å². The Bertz CT molecular complexity index is 820. The maximum Gasteiger partial charge on any atom is 0.315 e. The first-order valence-corrected chi connectivity index (χ1v) is 13.6. The Balaban J connectivity index is 4.69. The molecule has 1 unspecified atom stereocenters. The van der Waals surface area contributed by atoms with Crippen LogP contribution < -0.4 is 0 Å². The van der Waals surface area contributed by atoms with Gasteiger partial charge in [-0.05, 0) is 47.5 Å². The van der Waals surface area contributed by atoms with Gasteiger partial charge in [-0.2, -0.15) is 0 Å². The van der Waals surface area contributed by atoms with E-state index < -0.39 is 28.2 Å².